The molecule has 0 saturated carbocycles. The molecular weight excluding hydrogens is 452 g/mol. The van der Waals surface area contributed by atoms with Gasteiger partial charge in [0.05, 0.1) is 17.6 Å². The van der Waals surface area contributed by atoms with Crippen molar-refractivity contribution in [3.63, 3.8) is 0 Å². The van der Waals surface area contributed by atoms with Crippen molar-refractivity contribution in [1.82, 2.24) is 19.4 Å². The number of nitrogens with zero attached hydrogens (tertiary/aromatic N) is 3. The Morgan fingerprint density at radius 3 is 2.58 bits per heavy atom. The summed E-state index contributed by atoms with van der Waals surface area (Å²) in [4.78, 5) is 32.8. The molecule has 1 N–H and O–H groups in total. The number of piperidine rings is 1. The number of imidazole rings is 1. The molecule has 1 fully saturated rings. The molecule has 0 bridgehead atoms. The lowest BCUT2D eigenvalue weighted by molar-refractivity contribution is 0.0658. The van der Waals surface area contributed by atoms with Gasteiger partial charge in [-0.2, -0.15) is 0 Å². The van der Waals surface area contributed by atoms with Gasteiger partial charge in [0.25, 0.3) is 5.91 Å². The smallest absolute Gasteiger partial charge is 0.326 e. The third-order valence-electron chi connectivity index (χ3n) is 7.17. The molecule has 5 rings (SSSR count). The third kappa shape index (κ3) is 5.02. The van der Waals surface area contributed by atoms with E-state index in [4.69, 9.17) is 4.42 Å². The summed E-state index contributed by atoms with van der Waals surface area (Å²) < 4.78 is 7.87. The summed E-state index contributed by atoms with van der Waals surface area (Å²) in [5.74, 6) is 1.09. The fourth-order valence-electron chi connectivity index (χ4n) is 5.16. The number of amides is 1. The number of nitrogens with one attached hydrogen (secondary N) is 1. The van der Waals surface area contributed by atoms with Crippen LogP contribution in [0, 0.1) is 6.92 Å². The van der Waals surface area contributed by atoms with Crippen molar-refractivity contribution < 1.29 is 9.21 Å². The highest BCUT2D eigenvalue weighted by Gasteiger charge is 2.28. The standard InChI is InChI=1S/C29H34N4O3/c1-20(2)32(18-22-8-6-7-21(3)17-22)19-24-11-12-27(36-24)28(34)31-15-13-23(14-16-31)33-26-10-5-4-9-25(26)30-29(33)35/h4-12,17,20,23H,13-16,18-19H2,1-3H3,(H,30,35). The molecule has 0 aliphatic carbocycles. The number of fused-ring (bicyclic) bond motifs is 1. The maximum atomic E-state index is 13.2. The average molecular weight is 487 g/mol. The monoisotopic (exact) mass is 486 g/mol. The van der Waals surface area contributed by atoms with E-state index in [0.717, 1.165) is 36.2 Å². The minimum atomic E-state index is -0.0861. The van der Waals surface area contributed by atoms with Gasteiger partial charge in [0.15, 0.2) is 5.76 Å². The van der Waals surface area contributed by atoms with Crippen LogP contribution in [-0.4, -0.2) is 44.4 Å². The second-order valence-corrected chi connectivity index (χ2v) is 10.1. The minimum Gasteiger partial charge on any atom is -0.455 e. The molecule has 1 amide bonds. The van der Waals surface area contributed by atoms with Gasteiger partial charge in [0.2, 0.25) is 0 Å². The van der Waals surface area contributed by atoms with Crippen LogP contribution in [0.5, 0.6) is 0 Å². The number of aryl methyl sites for hydroxylation is 1. The zero-order valence-electron chi connectivity index (χ0n) is 21.2. The topological polar surface area (TPSA) is 74.5 Å². The van der Waals surface area contributed by atoms with Crippen LogP contribution < -0.4 is 5.69 Å². The molecule has 2 aromatic heterocycles. The lowest BCUT2D eigenvalue weighted by Gasteiger charge is -2.32. The van der Waals surface area contributed by atoms with Crippen molar-refractivity contribution in [2.75, 3.05) is 13.1 Å². The van der Waals surface area contributed by atoms with Crippen molar-refractivity contribution in [3.8, 4) is 0 Å². The van der Waals surface area contributed by atoms with Crippen LogP contribution in [-0.2, 0) is 13.1 Å². The fraction of sp³-hybridized carbons (Fsp3) is 0.379. The van der Waals surface area contributed by atoms with Crippen LogP contribution in [0.1, 0.15) is 60.2 Å². The van der Waals surface area contributed by atoms with E-state index in [1.54, 1.807) is 6.07 Å². The molecule has 188 valence electrons. The highest BCUT2D eigenvalue weighted by Crippen LogP contribution is 2.26. The molecular formula is C29H34N4O3. The molecule has 36 heavy (non-hydrogen) atoms. The normalized spacial score (nSPS) is 14.9. The van der Waals surface area contributed by atoms with Gasteiger partial charge in [-0.3, -0.25) is 14.3 Å². The van der Waals surface area contributed by atoms with Crippen LogP contribution in [0.3, 0.4) is 0 Å². The number of H-pyrrole nitrogens is 1. The Balaban J connectivity index is 1.22. The van der Waals surface area contributed by atoms with Crippen LogP contribution in [0.2, 0.25) is 0 Å². The number of aromatic amines is 1. The first kappa shape index (κ1) is 24.1. The first-order chi connectivity index (χ1) is 17.4. The van der Waals surface area contributed by atoms with Gasteiger partial charge in [0, 0.05) is 31.7 Å². The SMILES string of the molecule is Cc1cccc(CN(Cc2ccc(C(=O)N3CCC(n4c(=O)[nH]c5ccccc54)CC3)o2)C(C)C)c1. The van der Waals surface area contributed by atoms with E-state index in [1.807, 2.05) is 39.8 Å². The van der Waals surface area contributed by atoms with E-state index in [2.05, 4.69) is 54.9 Å². The molecule has 1 saturated heterocycles. The van der Waals surface area contributed by atoms with E-state index < -0.39 is 0 Å². The number of hydrogen-bond acceptors (Lipinski definition) is 4. The summed E-state index contributed by atoms with van der Waals surface area (Å²) in [6, 6.07) is 20.4. The largest absolute Gasteiger partial charge is 0.455 e. The van der Waals surface area contributed by atoms with Crippen LogP contribution >= 0.6 is 0 Å². The molecule has 0 unspecified atom stereocenters. The summed E-state index contributed by atoms with van der Waals surface area (Å²) in [6.45, 7) is 9.11. The van der Waals surface area contributed by atoms with Gasteiger partial charge in [-0.25, -0.2) is 4.79 Å². The Bertz CT molecular complexity index is 1410. The maximum absolute atomic E-state index is 13.2. The molecule has 1 aliphatic heterocycles. The highest BCUT2D eigenvalue weighted by atomic mass is 16.4. The number of carbonyl (C=O) groups excluding carboxylic acids is 1. The summed E-state index contributed by atoms with van der Waals surface area (Å²) >= 11 is 0. The van der Waals surface area contributed by atoms with E-state index in [9.17, 15) is 9.59 Å². The van der Waals surface area contributed by atoms with Crippen molar-refractivity contribution in [2.24, 2.45) is 0 Å². The molecule has 0 atom stereocenters. The molecule has 7 nitrogen and oxygen atoms in total. The van der Waals surface area contributed by atoms with Crippen LogP contribution in [0.4, 0.5) is 0 Å². The van der Waals surface area contributed by atoms with Gasteiger partial charge in [-0.15, -0.1) is 0 Å². The first-order valence-electron chi connectivity index (χ1n) is 12.8. The predicted molar refractivity (Wildman–Crippen MR) is 141 cm³/mol. The zero-order chi connectivity index (χ0) is 25.2. The molecule has 1 aliphatic rings. The summed E-state index contributed by atoms with van der Waals surface area (Å²) in [5.41, 5.74) is 4.20. The number of benzene rings is 2. The second-order valence-electron chi connectivity index (χ2n) is 10.1. The second kappa shape index (κ2) is 10.2. The highest BCUT2D eigenvalue weighted by molar-refractivity contribution is 5.91. The lowest BCUT2D eigenvalue weighted by atomic mass is 10.0. The molecule has 2 aromatic carbocycles. The number of hydrogen-bond donors (Lipinski definition) is 1. The Hall–Kier alpha value is -3.58. The Morgan fingerprint density at radius 1 is 1.06 bits per heavy atom. The van der Waals surface area contributed by atoms with Gasteiger partial charge in [-0.1, -0.05) is 42.0 Å². The fourth-order valence-corrected chi connectivity index (χ4v) is 5.16. The maximum Gasteiger partial charge on any atom is 0.326 e. The first-order valence-corrected chi connectivity index (χ1v) is 12.8. The lowest BCUT2D eigenvalue weighted by Crippen LogP contribution is -2.40. The molecule has 3 heterocycles. The Kier molecular flexibility index (Phi) is 6.83. The van der Waals surface area contributed by atoms with Crippen molar-refractivity contribution in [2.45, 2.75) is 58.8 Å². The summed E-state index contributed by atoms with van der Waals surface area (Å²) in [6.07, 6.45) is 1.47. The Morgan fingerprint density at radius 2 is 1.83 bits per heavy atom. The quantitative estimate of drug-likeness (QED) is 0.394. The van der Waals surface area contributed by atoms with Crippen LogP contribution in [0.25, 0.3) is 11.0 Å². The van der Waals surface area contributed by atoms with E-state index >= 15 is 0 Å². The number of furan rings is 1. The van der Waals surface area contributed by atoms with Gasteiger partial charge >= 0.3 is 5.69 Å². The Labute approximate surface area is 211 Å². The van der Waals surface area contributed by atoms with E-state index in [-0.39, 0.29) is 17.6 Å². The molecule has 0 radical (unpaired) electrons. The van der Waals surface area contributed by atoms with Gasteiger partial charge in [0.1, 0.15) is 5.76 Å². The van der Waals surface area contributed by atoms with E-state index in [1.165, 1.54) is 11.1 Å². The summed E-state index contributed by atoms with van der Waals surface area (Å²) in [7, 11) is 0. The third-order valence-corrected chi connectivity index (χ3v) is 7.17. The van der Waals surface area contributed by atoms with E-state index in [0.29, 0.717) is 31.4 Å². The zero-order valence-corrected chi connectivity index (χ0v) is 21.2. The predicted octanol–water partition coefficient (Wildman–Crippen LogP) is 5.12. The number of rotatable bonds is 7. The van der Waals surface area contributed by atoms with Crippen molar-refractivity contribution >= 4 is 16.9 Å². The van der Waals surface area contributed by atoms with Gasteiger partial charge in [-0.05, 0) is 63.4 Å². The average Bonchev–Trinajstić information content (AvgIpc) is 3.47. The van der Waals surface area contributed by atoms with Crippen LogP contribution in [0.15, 0.2) is 69.9 Å². The number of carbonyl (C=O) groups is 1. The van der Waals surface area contributed by atoms with Gasteiger partial charge < -0.3 is 14.3 Å². The van der Waals surface area contributed by atoms with Crippen molar-refractivity contribution in [1.29, 1.82) is 0 Å². The molecule has 4 aromatic rings. The summed E-state index contributed by atoms with van der Waals surface area (Å²) in [5, 5.41) is 0. The number of aromatic nitrogens is 2. The molecule has 0 spiro atoms. The number of likely N-dealkylation sites (tertiary alicyclic amines) is 1. The minimum absolute atomic E-state index is 0.0751. The number of para-hydroxylation sites is 2. The van der Waals surface area contributed by atoms with Crippen molar-refractivity contribution in [3.05, 3.63) is 93.8 Å². The molecule has 7 heteroatoms.